The van der Waals surface area contributed by atoms with Crippen LogP contribution in [-0.4, -0.2) is 23.4 Å². The molecule has 1 heterocycles. The van der Waals surface area contributed by atoms with E-state index < -0.39 is 11.3 Å². The molecule has 0 saturated carbocycles. The van der Waals surface area contributed by atoms with Gasteiger partial charge in [-0.1, -0.05) is 56.3 Å². The maximum atomic E-state index is 11.9. The van der Waals surface area contributed by atoms with Crippen molar-refractivity contribution >= 4 is 11.7 Å². The first-order chi connectivity index (χ1) is 9.88. The van der Waals surface area contributed by atoms with E-state index in [9.17, 15) is 9.59 Å². The number of benzene rings is 1. The summed E-state index contributed by atoms with van der Waals surface area (Å²) < 4.78 is 5.15. The molecule has 1 amide bonds. The molecule has 0 spiro atoms. The highest BCUT2D eigenvalue weighted by Gasteiger charge is 2.22. The van der Waals surface area contributed by atoms with Gasteiger partial charge >= 0.3 is 0 Å². The first kappa shape index (κ1) is 15.0. The van der Waals surface area contributed by atoms with Gasteiger partial charge in [0, 0.05) is 17.0 Å². The number of nitrogens with one attached hydrogen (secondary N) is 1. The summed E-state index contributed by atoms with van der Waals surface area (Å²) in [5, 5.41) is 6.29. The van der Waals surface area contributed by atoms with E-state index in [1.54, 1.807) is 6.07 Å². The first-order valence-electron chi connectivity index (χ1n) is 6.71. The normalized spacial score (nSPS) is 11.2. The van der Waals surface area contributed by atoms with Crippen molar-refractivity contribution in [1.82, 2.24) is 10.5 Å². The van der Waals surface area contributed by atoms with Crippen molar-refractivity contribution in [3.8, 4) is 11.3 Å². The van der Waals surface area contributed by atoms with Crippen LogP contribution in [0, 0.1) is 5.41 Å². The highest BCUT2D eigenvalue weighted by molar-refractivity contribution is 5.96. The van der Waals surface area contributed by atoms with Gasteiger partial charge in [0.2, 0.25) is 0 Å². The summed E-state index contributed by atoms with van der Waals surface area (Å²) in [7, 11) is 0. The Morgan fingerprint density at radius 1 is 1.19 bits per heavy atom. The molecule has 0 bridgehead atoms. The van der Waals surface area contributed by atoms with E-state index in [4.69, 9.17) is 4.52 Å². The molecule has 2 aromatic rings. The van der Waals surface area contributed by atoms with Gasteiger partial charge < -0.3 is 9.84 Å². The van der Waals surface area contributed by atoms with Crippen LogP contribution in [-0.2, 0) is 4.79 Å². The van der Waals surface area contributed by atoms with Crippen LogP contribution in [0.3, 0.4) is 0 Å². The fourth-order valence-electron chi connectivity index (χ4n) is 1.64. The maximum Gasteiger partial charge on any atom is 0.273 e. The second kappa shape index (κ2) is 5.91. The Morgan fingerprint density at radius 3 is 2.48 bits per heavy atom. The lowest BCUT2D eigenvalue weighted by molar-refractivity contribution is -0.125. The fraction of sp³-hybridized carbons (Fsp3) is 0.312. The number of carbonyl (C=O) groups is 2. The average molecular weight is 286 g/mol. The minimum Gasteiger partial charge on any atom is -0.355 e. The van der Waals surface area contributed by atoms with Crippen LogP contribution in [0.1, 0.15) is 31.3 Å². The SMILES string of the molecule is CC(C)(C)C(=O)CNC(=O)c1cc(-c2ccccc2)on1. The van der Waals surface area contributed by atoms with Crippen molar-refractivity contribution in [3.63, 3.8) is 0 Å². The largest absolute Gasteiger partial charge is 0.355 e. The van der Waals surface area contributed by atoms with Gasteiger partial charge in [0.05, 0.1) is 6.54 Å². The number of nitrogens with zero attached hydrogens (tertiary/aromatic N) is 1. The van der Waals surface area contributed by atoms with Crippen molar-refractivity contribution in [2.45, 2.75) is 20.8 Å². The third-order valence-electron chi connectivity index (χ3n) is 3.05. The number of rotatable bonds is 4. The van der Waals surface area contributed by atoms with Crippen molar-refractivity contribution in [3.05, 3.63) is 42.1 Å². The Bertz CT molecular complexity index is 639. The lowest BCUT2D eigenvalue weighted by Gasteiger charge is -2.16. The summed E-state index contributed by atoms with van der Waals surface area (Å²) in [6.07, 6.45) is 0. The number of amides is 1. The zero-order chi connectivity index (χ0) is 15.5. The molecular weight excluding hydrogens is 268 g/mol. The van der Waals surface area contributed by atoms with E-state index in [0.717, 1.165) is 5.56 Å². The van der Waals surface area contributed by atoms with Crippen LogP contribution in [0.25, 0.3) is 11.3 Å². The summed E-state index contributed by atoms with van der Waals surface area (Å²) >= 11 is 0. The molecule has 0 fully saturated rings. The van der Waals surface area contributed by atoms with E-state index in [-0.39, 0.29) is 18.0 Å². The van der Waals surface area contributed by atoms with Crippen LogP contribution < -0.4 is 5.32 Å². The number of carbonyl (C=O) groups excluding carboxylic acids is 2. The van der Waals surface area contributed by atoms with E-state index in [1.807, 2.05) is 51.1 Å². The average Bonchev–Trinajstić information content (AvgIpc) is 2.94. The van der Waals surface area contributed by atoms with Crippen LogP contribution in [0.2, 0.25) is 0 Å². The zero-order valence-electron chi connectivity index (χ0n) is 12.3. The van der Waals surface area contributed by atoms with Gasteiger partial charge in [-0.15, -0.1) is 0 Å². The Hall–Kier alpha value is -2.43. The second-order valence-electron chi connectivity index (χ2n) is 5.80. The Kier molecular flexibility index (Phi) is 4.21. The molecule has 2 rings (SSSR count). The number of Topliss-reactive ketones (excluding diaryl/α,β-unsaturated/α-hetero) is 1. The standard InChI is InChI=1S/C16H18N2O3/c1-16(2,3)14(19)10-17-15(20)12-9-13(21-18-12)11-7-5-4-6-8-11/h4-9H,10H2,1-3H3,(H,17,20). The van der Waals surface area contributed by atoms with Crippen molar-refractivity contribution in [2.24, 2.45) is 5.41 Å². The molecule has 1 N–H and O–H groups in total. The molecule has 0 aliphatic heterocycles. The summed E-state index contributed by atoms with van der Waals surface area (Å²) in [6.45, 7) is 5.41. The van der Waals surface area contributed by atoms with E-state index in [1.165, 1.54) is 0 Å². The van der Waals surface area contributed by atoms with Gasteiger partial charge in [-0.3, -0.25) is 9.59 Å². The monoisotopic (exact) mass is 286 g/mol. The zero-order valence-corrected chi connectivity index (χ0v) is 12.3. The quantitative estimate of drug-likeness (QED) is 0.938. The van der Waals surface area contributed by atoms with Crippen molar-refractivity contribution < 1.29 is 14.1 Å². The minimum absolute atomic E-state index is 0.0180. The molecule has 0 aliphatic rings. The molecule has 0 unspecified atom stereocenters. The van der Waals surface area contributed by atoms with Crippen molar-refractivity contribution in [2.75, 3.05) is 6.54 Å². The molecule has 0 aliphatic carbocycles. The predicted octanol–water partition coefficient (Wildman–Crippen LogP) is 2.69. The summed E-state index contributed by atoms with van der Waals surface area (Å²) in [6, 6.07) is 10.9. The highest BCUT2D eigenvalue weighted by Crippen LogP contribution is 2.19. The van der Waals surface area contributed by atoms with Gasteiger partial charge in [-0.25, -0.2) is 0 Å². The highest BCUT2D eigenvalue weighted by atomic mass is 16.5. The molecule has 5 nitrogen and oxygen atoms in total. The van der Waals surface area contributed by atoms with Gasteiger partial charge in [0.1, 0.15) is 0 Å². The van der Waals surface area contributed by atoms with Crippen LogP contribution >= 0.6 is 0 Å². The fourth-order valence-corrected chi connectivity index (χ4v) is 1.64. The van der Waals surface area contributed by atoms with Crippen molar-refractivity contribution in [1.29, 1.82) is 0 Å². The molecule has 110 valence electrons. The van der Waals surface area contributed by atoms with Gasteiger partial charge in [-0.2, -0.15) is 0 Å². The topological polar surface area (TPSA) is 72.2 Å². The Morgan fingerprint density at radius 2 is 1.86 bits per heavy atom. The number of aromatic nitrogens is 1. The first-order valence-corrected chi connectivity index (χ1v) is 6.71. The Labute approximate surface area is 123 Å². The third kappa shape index (κ3) is 3.78. The number of hydrogen-bond donors (Lipinski definition) is 1. The molecule has 5 heteroatoms. The van der Waals surface area contributed by atoms with Gasteiger partial charge in [0.15, 0.2) is 17.2 Å². The second-order valence-corrected chi connectivity index (χ2v) is 5.80. The molecule has 21 heavy (non-hydrogen) atoms. The Balaban J connectivity index is 2.02. The smallest absolute Gasteiger partial charge is 0.273 e. The van der Waals surface area contributed by atoms with Gasteiger partial charge in [0.25, 0.3) is 5.91 Å². The maximum absolute atomic E-state index is 11.9. The van der Waals surface area contributed by atoms with Gasteiger partial charge in [-0.05, 0) is 0 Å². The minimum atomic E-state index is -0.480. The number of hydrogen-bond acceptors (Lipinski definition) is 4. The predicted molar refractivity (Wildman–Crippen MR) is 78.7 cm³/mol. The summed E-state index contributed by atoms with van der Waals surface area (Å²) in [5.74, 6) is 0.0593. The molecule has 0 saturated heterocycles. The molecule has 1 aromatic carbocycles. The lowest BCUT2D eigenvalue weighted by atomic mass is 9.91. The van der Waals surface area contributed by atoms with Crippen LogP contribution in [0.4, 0.5) is 0 Å². The number of ketones is 1. The van der Waals surface area contributed by atoms with E-state index in [0.29, 0.717) is 5.76 Å². The lowest BCUT2D eigenvalue weighted by Crippen LogP contribution is -2.35. The van der Waals surface area contributed by atoms with E-state index >= 15 is 0 Å². The summed E-state index contributed by atoms with van der Waals surface area (Å²) in [5.41, 5.74) is 0.525. The molecule has 1 aromatic heterocycles. The molecule has 0 atom stereocenters. The van der Waals surface area contributed by atoms with E-state index in [2.05, 4.69) is 10.5 Å². The van der Waals surface area contributed by atoms with Crippen LogP contribution in [0.15, 0.2) is 40.9 Å². The summed E-state index contributed by atoms with van der Waals surface area (Å²) in [4.78, 5) is 23.7. The molecule has 0 radical (unpaired) electrons. The van der Waals surface area contributed by atoms with Crippen LogP contribution in [0.5, 0.6) is 0 Å². The molecular formula is C16H18N2O3. The third-order valence-corrected chi connectivity index (χ3v) is 3.05.